The molecule has 0 saturated carbocycles. The van der Waals surface area contributed by atoms with Gasteiger partial charge < -0.3 is 20.1 Å². The Morgan fingerprint density at radius 1 is 1.47 bits per heavy atom. The molecular weight excluding hydrogens is 244 g/mol. The fourth-order valence-electron chi connectivity index (χ4n) is 1.83. The molecule has 0 atom stereocenters. The maximum absolute atomic E-state index is 11.9. The summed E-state index contributed by atoms with van der Waals surface area (Å²) in [6.45, 7) is 5.49. The Hall–Kier alpha value is -1.75. The van der Waals surface area contributed by atoms with Gasteiger partial charge in [-0.05, 0) is 44.5 Å². The first-order chi connectivity index (χ1) is 8.73. The third kappa shape index (κ3) is 4.79. The van der Waals surface area contributed by atoms with Crippen LogP contribution in [0.1, 0.15) is 19.4 Å². The molecule has 0 spiro atoms. The van der Waals surface area contributed by atoms with Gasteiger partial charge in [0.05, 0.1) is 19.3 Å². The second-order valence-corrected chi connectivity index (χ2v) is 5.28. The van der Waals surface area contributed by atoms with Crippen LogP contribution >= 0.6 is 0 Å². The average Bonchev–Trinajstić information content (AvgIpc) is 2.27. The number of ether oxygens (including phenoxy) is 1. The zero-order valence-electron chi connectivity index (χ0n) is 12.2. The molecule has 0 aliphatic carbocycles. The maximum atomic E-state index is 11.9. The molecule has 1 aromatic rings. The lowest BCUT2D eigenvalue weighted by Crippen LogP contribution is -2.41. The van der Waals surface area contributed by atoms with Crippen LogP contribution in [0.15, 0.2) is 18.2 Å². The predicted molar refractivity (Wildman–Crippen MR) is 75.7 cm³/mol. The first kappa shape index (κ1) is 15.3. The van der Waals surface area contributed by atoms with Crippen molar-refractivity contribution in [1.82, 2.24) is 4.90 Å². The predicted octanol–water partition coefficient (Wildman–Crippen LogP) is 2.24. The molecule has 1 aromatic carbocycles. The lowest BCUT2D eigenvalue weighted by molar-refractivity contribution is 0.0550. The molecule has 0 bridgehead atoms. The van der Waals surface area contributed by atoms with Crippen LogP contribution in [0, 0.1) is 6.92 Å². The Balaban J connectivity index is 2.69. The van der Waals surface area contributed by atoms with Crippen molar-refractivity contribution in [2.45, 2.75) is 26.4 Å². The molecule has 0 fully saturated rings. The smallest absolute Gasteiger partial charge is 0.321 e. The minimum atomic E-state index is -0.915. The highest BCUT2D eigenvalue weighted by Crippen LogP contribution is 2.21. The first-order valence-electron chi connectivity index (χ1n) is 6.12. The number of likely N-dealkylation sites (N-methyl/N-ethyl adjacent to an activating group) is 1. The second kappa shape index (κ2) is 5.93. The Morgan fingerprint density at radius 3 is 2.58 bits per heavy atom. The van der Waals surface area contributed by atoms with Gasteiger partial charge in [-0.2, -0.15) is 0 Å². The van der Waals surface area contributed by atoms with Gasteiger partial charge in [0.15, 0.2) is 0 Å². The molecule has 0 heterocycles. The summed E-state index contributed by atoms with van der Waals surface area (Å²) in [5, 5.41) is 12.5. The number of amides is 2. The van der Waals surface area contributed by atoms with Crippen molar-refractivity contribution in [3.05, 3.63) is 23.8 Å². The molecule has 0 aliphatic heterocycles. The molecule has 106 valence electrons. The fraction of sp³-hybridized carbons (Fsp3) is 0.500. The Labute approximate surface area is 114 Å². The monoisotopic (exact) mass is 266 g/mol. The van der Waals surface area contributed by atoms with Crippen LogP contribution in [0.4, 0.5) is 10.5 Å². The third-order valence-corrected chi connectivity index (χ3v) is 2.62. The molecule has 0 radical (unpaired) electrons. The SMILES string of the molecule is COc1ccc(NC(=O)N(C)CC(C)(C)O)cc1C. The van der Waals surface area contributed by atoms with E-state index < -0.39 is 5.60 Å². The Morgan fingerprint density at radius 2 is 2.11 bits per heavy atom. The largest absolute Gasteiger partial charge is 0.496 e. The number of carbonyl (C=O) groups is 1. The number of benzene rings is 1. The average molecular weight is 266 g/mol. The van der Waals surface area contributed by atoms with Crippen molar-refractivity contribution in [2.75, 3.05) is 26.0 Å². The zero-order valence-corrected chi connectivity index (χ0v) is 12.2. The van der Waals surface area contributed by atoms with Gasteiger partial charge in [-0.15, -0.1) is 0 Å². The van der Waals surface area contributed by atoms with E-state index in [0.717, 1.165) is 11.3 Å². The number of nitrogens with one attached hydrogen (secondary N) is 1. The summed E-state index contributed by atoms with van der Waals surface area (Å²) in [7, 11) is 3.25. The highest BCUT2D eigenvalue weighted by molar-refractivity contribution is 5.89. The van der Waals surface area contributed by atoms with Crippen molar-refractivity contribution in [3.8, 4) is 5.75 Å². The molecule has 2 amide bonds. The van der Waals surface area contributed by atoms with Gasteiger partial charge >= 0.3 is 6.03 Å². The van der Waals surface area contributed by atoms with E-state index in [9.17, 15) is 9.90 Å². The normalized spacial score (nSPS) is 11.1. The molecule has 0 aromatic heterocycles. The summed E-state index contributed by atoms with van der Waals surface area (Å²) >= 11 is 0. The topological polar surface area (TPSA) is 61.8 Å². The number of hydrogen-bond acceptors (Lipinski definition) is 3. The fourth-order valence-corrected chi connectivity index (χ4v) is 1.83. The molecular formula is C14H22N2O3. The molecule has 0 aliphatic rings. The zero-order chi connectivity index (χ0) is 14.6. The van der Waals surface area contributed by atoms with Crippen molar-refractivity contribution >= 4 is 11.7 Å². The number of methoxy groups -OCH3 is 1. The third-order valence-electron chi connectivity index (χ3n) is 2.62. The minimum absolute atomic E-state index is 0.258. The molecule has 5 heteroatoms. The number of aliphatic hydroxyl groups is 1. The quantitative estimate of drug-likeness (QED) is 0.878. The first-order valence-corrected chi connectivity index (χ1v) is 6.12. The van der Waals surface area contributed by atoms with E-state index in [2.05, 4.69) is 5.32 Å². The lowest BCUT2D eigenvalue weighted by Gasteiger charge is -2.25. The molecule has 2 N–H and O–H groups in total. The van der Waals surface area contributed by atoms with Crippen molar-refractivity contribution in [3.63, 3.8) is 0 Å². The molecule has 5 nitrogen and oxygen atoms in total. The van der Waals surface area contributed by atoms with Crippen LogP contribution in [-0.2, 0) is 0 Å². The van der Waals surface area contributed by atoms with Crippen LogP contribution in [0.5, 0.6) is 5.75 Å². The van der Waals surface area contributed by atoms with Crippen LogP contribution in [0.2, 0.25) is 0 Å². The molecule has 1 rings (SSSR count). The summed E-state index contributed by atoms with van der Waals surface area (Å²) < 4.78 is 5.16. The van der Waals surface area contributed by atoms with Gasteiger partial charge in [0, 0.05) is 12.7 Å². The summed E-state index contributed by atoms with van der Waals surface area (Å²) in [4.78, 5) is 13.4. The molecule has 0 unspecified atom stereocenters. The minimum Gasteiger partial charge on any atom is -0.496 e. The number of anilines is 1. The second-order valence-electron chi connectivity index (χ2n) is 5.28. The van der Waals surface area contributed by atoms with Crippen molar-refractivity contribution in [2.24, 2.45) is 0 Å². The van der Waals surface area contributed by atoms with Gasteiger partial charge in [0.25, 0.3) is 0 Å². The summed E-state index contributed by atoms with van der Waals surface area (Å²) in [6, 6.07) is 5.17. The highest BCUT2D eigenvalue weighted by Gasteiger charge is 2.19. The number of carbonyl (C=O) groups excluding carboxylic acids is 1. The van der Waals surface area contributed by atoms with Crippen molar-refractivity contribution < 1.29 is 14.6 Å². The number of rotatable bonds is 4. The van der Waals surface area contributed by atoms with Gasteiger partial charge in [-0.25, -0.2) is 4.79 Å². The van der Waals surface area contributed by atoms with E-state index in [1.165, 1.54) is 4.90 Å². The van der Waals surface area contributed by atoms with Crippen LogP contribution < -0.4 is 10.1 Å². The van der Waals surface area contributed by atoms with E-state index in [-0.39, 0.29) is 12.6 Å². The van der Waals surface area contributed by atoms with E-state index in [4.69, 9.17) is 4.74 Å². The van der Waals surface area contributed by atoms with Gasteiger partial charge in [0.1, 0.15) is 5.75 Å². The van der Waals surface area contributed by atoms with E-state index >= 15 is 0 Å². The van der Waals surface area contributed by atoms with Crippen LogP contribution in [-0.4, -0.2) is 42.3 Å². The van der Waals surface area contributed by atoms with E-state index in [1.54, 1.807) is 40.1 Å². The van der Waals surface area contributed by atoms with Crippen molar-refractivity contribution in [1.29, 1.82) is 0 Å². The number of urea groups is 1. The van der Waals surface area contributed by atoms with Crippen LogP contribution in [0.25, 0.3) is 0 Å². The van der Waals surface area contributed by atoms with E-state index in [0.29, 0.717) is 5.69 Å². The standard InChI is InChI=1S/C14H22N2O3/c1-10-8-11(6-7-12(10)19-5)15-13(17)16(4)9-14(2,3)18/h6-8,18H,9H2,1-5H3,(H,15,17). The summed E-state index contributed by atoms with van der Waals surface area (Å²) in [6.07, 6.45) is 0. The van der Waals surface area contributed by atoms with Gasteiger partial charge in [-0.3, -0.25) is 0 Å². The van der Waals surface area contributed by atoms with Gasteiger partial charge in [-0.1, -0.05) is 0 Å². The van der Waals surface area contributed by atoms with Gasteiger partial charge in [0.2, 0.25) is 0 Å². The number of aryl methyl sites for hydroxylation is 1. The molecule has 0 saturated heterocycles. The Bertz CT molecular complexity index is 452. The maximum Gasteiger partial charge on any atom is 0.321 e. The van der Waals surface area contributed by atoms with E-state index in [1.807, 2.05) is 13.0 Å². The summed E-state index contributed by atoms with van der Waals surface area (Å²) in [5.74, 6) is 0.780. The highest BCUT2D eigenvalue weighted by atomic mass is 16.5. The Kier molecular flexibility index (Phi) is 4.78. The number of hydrogen-bond donors (Lipinski definition) is 2. The van der Waals surface area contributed by atoms with Crippen LogP contribution in [0.3, 0.4) is 0 Å². The number of nitrogens with zero attached hydrogens (tertiary/aromatic N) is 1. The lowest BCUT2D eigenvalue weighted by atomic mass is 10.1. The molecule has 19 heavy (non-hydrogen) atoms. The summed E-state index contributed by atoms with van der Waals surface area (Å²) in [5.41, 5.74) is 0.735.